The molecule has 1 aliphatic rings. The standard InChI is InChI=1S/C17H19FN2O2/c1-3-22-17(21)15-7-14(15)13-5-4-12(6-11(13)2)8-20-9-16(18)19-10-20/h4-6,9-10,14-15H,3,7-8H2,1-2H3. The highest BCUT2D eigenvalue weighted by molar-refractivity contribution is 5.77. The highest BCUT2D eigenvalue weighted by Crippen LogP contribution is 2.49. The molecule has 1 fully saturated rings. The first-order chi connectivity index (χ1) is 10.6. The Morgan fingerprint density at radius 3 is 2.95 bits per heavy atom. The van der Waals surface area contributed by atoms with Crippen molar-refractivity contribution in [2.75, 3.05) is 6.61 Å². The minimum Gasteiger partial charge on any atom is -0.466 e. The third kappa shape index (κ3) is 3.03. The molecule has 2 aromatic rings. The Bertz CT molecular complexity index is 696. The molecule has 0 N–H and O–H groups in total. The summed E-state index contributed by atoms with van der Waals surface area (Å²) in [5.74, 6) is -0.278. The Morgan fingerprint density at radius 2 is 2.32 bits per heavy atom. The van der Waals surface area contributed by atoms with Gasteiger partial charge in [0.1, 0.15) is 0 Å². The molecule has 5 heteroatoms. The normalized spacial score (nSPS) is 20.0. The van der Waals surface area contributed by atoms with Crippen molar-refractivity contribution in [3.05, 3.63) is 53.4 Å². The van der Waals surface area contributed by atoms with E-state index in [-0.39, 0.29) is 17.8 Å². The van der Waals surface area contributed by atoms with Gasteiger partial charge >= 0.3 is 5.97 Å². The molecule has 3 rings (SSSR count). The molecule has 0 saturated heterocycles. The summed E-state index contributed by atoms with van der Waals surface area (Å²) in [6.45, 7) is 4.90. The average molecular weight is 302 g/mol. The van der Waals surface area contributed by atoms with Gasteiger partial charge in [-0.15, -0.1) is 0 Å². The quantitative estimate of drug-likeness (QED) is 0.797. The topological polar surface area (TPSA) is 44.1 Å². The zero-order chi connectivity index (χ0) is 15.7. The summed E-state index contributed by atoms with van der Waals surface area (Å²) in [6, 6.07) is 6.19. The lowest BCUT2D eigenvalue weighted by molar-refractivity contribution is -0.144. The van der Waals surface area contributed by atoms with Crippen LogP contribution in [-0.4, -0.2) is 22.1 Å². The lowest BCUT2D eigenvalue weighted by Crippen LogP contribution is -2.07. The Kier molecular flexibility index (Phi) is 3.96. The number of esters is 1. The molecule has 0 aliphatic heterocycles. The van der Waals surface area contributed by atoms with Crippen LogP contribution in [0.2, 0.25) is 0 Å². The zero-order valence-electron chi connectivity index (χ0n) is 12.8. The fourth-order valence-corrected chi connectivity index (χ4v) is 2.93. The van der Waals surface area contributed by atoms with Crippen LogP contribution in [0, 0.1) is 18.8 Å². The highest BCUT2D eigenvalue weighted by atomic mass is 19.1. The van der Waals surface area contributed by atoms with Gasteiger partial charge in [-0.05, 0) is 42.9 Å². The fraction of sp³-hybridized carbons (Fsp3) is 0.412. The molecule has 0 amide bonds. The van der Waals surface area contributed by atoms with E-state index in [1.54, 1.807) is 4.57 Å². The van der Waals surface area contributed by atoms with E-state index in [1.165, 1.54) is 18.1 Å². The van der Waals surface area contributed by atoms with Gasteiger partial charge in [-0.2, -0.15) is 4.39 Å². The molecule has 0 spiro atoms. The van der Waals surface area contributed by atoms with Gasteiger partial charge in [0, 0.05) is 6.54 Å². The first-order valence-corrected chi connectivity index (χ1v) is 7.51. The number of benzene rings is 1. The number of aromatic nitrogens is 2. The Labute approximate surface area is 128 Å². The second-order valence-electron chi connectivity index (χ2n) is 5.76. The molecular weight excluding hydrogens is 283 g/mol. The van der Waals surface area contributed by atoms with E-state index in [0.29, 0.717) is 13.2 Å². The smallest absolute Gasteiger partial charge is 0.309 e. The van der Waals surface area contributed by atoms with Gasteiger partial charge in [-0.1, -0.05) is 18.2 Å². The summed E-state index contributed by atoms with van der Waals surface area (Å²) >= 11 is 0. The van der Waals surface area contributed by atoms with Crippen LogP contribution in [0.4, 0.5) is 4.39 Å². The summed E-state index contributed by atoms with van der Waals surface area (Å²) < 4.78 is 19.7. The van der Waals surface area contributed by atoms with Gasteiger partial charge in [-0.3, -0.25) is 4.79 Å². The molecule has 1 aromatic heterocycles. The number of carbonyl (C=O) groups excluding carboxylic acids is 1. The fourth-order valence-electron chi connectivity index (χ4n) is 2.93. The molecule has 0 radical (unpaired) electrons. The summed E-state index contributed by atoms with van der Waals surface area (Å²) in [4.78, 5) is 15.3. The lowest BCUT2D eigenvalue weighted by atomic mass is 10.0. The lowest BCUT2D eigenvalue weighted by Gasteiger charge is -2.09. The van der Waals surface area contributed by atoms with Crippen LogP contribution in [0.25, 0.3) is 0 Å². The molecular formula is C17H19FN2O2. The zero-order valence-corrected chi connectivity index (χ0v) is 12.8. The van der Waals surface area contributed by atoms with Crippen molar-refractivity contribution < 1.29 is 13.9 Å². The minimum atomic E-state index is -0.469. The first kappa shape index (κ1) is 14.8. The van der Waals surface area contributed by atoms with Crippen LogP contribution in [0.1, 0.15) is 36.0 Å². The third-order valence-corrected chi connectivity index (χ3v) is 4.08. The Morgan fingerprint density at radius 1 is 1.50 bits per heavy atom. The third-order valence-electron chi connectivity index (χ3n) is 4.08. The van der Waals surface area contributed by atoms with Crippen LogP contribution in [0.3, 0.4) is 0 Å². The Hall–Kier alpha value is -2.17. The number of hydrogen-bond acceptors (Lipinski definition) is 3. The number of nitrogens with zero attached hydrogens (tertiary/aromatic N) is 2. The van der Waals surface area contributed by atoms with E-state index in [4.69, 9.17) is 4.74 Å². The van der Waals surface area contributed by atoms with E-state index < -0.39 is 5.95 Å². The van der Waals surface area contributed by atoms with E-state index in [1.807, 2.05) is 19.9 Å². The molecule has 2 unspecified atom stereocenters. The van der Waals surface area contributed by atoms with Crippen molar-refractivity contribution in [1.29, 1.82) is 0 Å². The number of halogens is 1. The number of ether oxygens (including phenoxy) is 1. The predicted molar refractivity (Wildman–Crippen MR) is 79.9 cm³/mol. The van der Waals surface area contributed by atoms with Gasteiger partial charge in [0.25, 0.3) is 0 Å². The molecule has 116 valence electrons. The van der Waals surface area contributed by atoms with Crippen molar-refractivity contribution in [2.24, 2.45) is 5.92 Å². The minimum absolute atomic E-state index is 0.00671. The largest absolute Gasteiger partial charge is 0.466 e. The van der Waals surface area contributed by atoms with E-state index in [0.717, 1.165) is 17.5 Å². The number of imidazole rings is 1. The van der Waals surface area contributed by atoms with Crippen LogP contribution in [0.15, 0.2) is 30.7 Å². The van der Waals surface area contributed by atoms with Crippen molar-refractivity contribution in [3.8, 4) is 0 Å². The monoisotopic (exact) mass is 302 g/mol. The van der Waals surface area contributed by atoms with Crippen molar-refractivity contribution in [1.82, 2.24) is 9.55 Å². The SMILES string of the molecule is CCOC(=O)C1CC1c1ccc(Cn2cnc(F)c2)cc1C. The van der Waals surface area contributed by atoms with E-state index in [2.05, 4.69) is 17.1 Å². The van der Waals surface area contributed by atoms with Crippen LogP contribution >= 0.6 is 0 Å². The van der Waals surface area contributed by atoms with Gasteiger partial charge in [0.2, 0.25) is 5.95 Å². The molecule has 0 bridgehead atoms. The number of rotatable bonds is 5. The molecule has 4 nitrogen and oxygen atoms in total. The van der Waals surface area contributed by atoms with Gasteiger partial charge in [-0.25, -0.2) is 4.98 Å². The molecule has 1 aromatic carbocycles. The second kappa shape index (κ2) is 5.91. The maximum Gasteiger partial charge on any atom is 0.309 e. The highest BCUT2D eigenvalue weighted by Gasteiger charge is 2.45. The van der Waals surface area contributed by atoms with Crippen molar-refractivity contribution in [2.45, 2.75) is 32.7 Å². The van der Waals surface area contributed by atoms with Gasteiger partial charge in [0.05, 0.1) is 25.0 Å². The first-order valence-electron chi connectivity index (χ1n) is 7.51. The summed E-state index contributed by atoms with van der Waals surface area (Å²) in [5, 5.41) is 0. The molecule has 1 heterocycles. The molecule has 22 heavy (non-hydrogen) atoms. The van der Waals surface area contributed by atoms with Crippen LogP contribution in [0.5, 0.6) is 0 Å². The van der Waals surface area contributed by atoms with Crippen molar-refractivity contribution >= 4 is 5.97 Å². The number of aryl methyl sites for hydroxylation is 1. The summed E-state index contributed by atoms with van der Waals surface area (Å²) in [6.07, 6.45) is 3.73. The van der Waals surface area contributed by atoms with Crippen LogP contribution < -0.4 is 0 Å². The maximum absolute atomic E-state index is 12.9. The average Bonchev–Trinajstić information content (AvgIpc) is 3.16. The Balaban J connectivity index is 1.69. The second-order valence-corrected chi connectivity index (χ2v) is 5.76. The number of carbonyl (C=O) groups is 1. The van der Waals surface area contributed by atoms with E-state index >= 15 is 0 Å². The van der Waals surface area contributed by atoms with E-state index in [9.17, 15) is 9.18 Å². The molecule has 2 atom stereocenters. The summed E-state index contributed by atoms with van der Waals surface area (Å²) in [5.41, 5.74) is 3.46. The number of hydrogen-bond donors (Lipinski definition) is 0. The van der Waals surface area contributed by atoms with Crippen molar-refractivity contribution in [3.63, 3.8) is 0 Å². The van der Waals surface area contributed by atoms with Crippen LogP contribution in [-0.2, 0) is 16.1 Å². The summed E-state index contributed by atoms with van der Waals surface area (Å²) in [7, 11) is 0. The molecule has 1 aliphatic carbocycles. The van der Waals surface area contributed by atoms with Gasteiger partial charge in [0.15, 0.2) is 0 Å². The van der Waals surface area contributed by atoms with Gasteiger partial charge < -0.3 is 9.30 Å². The maximum atomic E-state index is 12.9. The molecule has 1 saturated carbocycles. The predicted octanol–water partition coefficient (Wildman–Crippen LogP) is 3.05.